The molecule has 1 saturated heterocycles. The second kappa shape index (κ2) is 7.35. The molecule has 1 atom stereocenters. The average Bonchev–Trinajstić information content (AvgIpc) is 2.84. The quantitative estimate of drug-likeness (QED) is 0.827. The van der Waals surface area contributed by atoms with E-state index in [0.29, 0.717) is 26.1 Å². The molecule has 6 heteroatoms. The highest BCUT2D eigenvalue weighted by Crippen LogP contribution is 2.17. The van der Waals surface area contributed by atoms with E-state index in [1.54, 1.807) is 4.90 Å². The highest BCUT2D eigenvalue weighted by molar-refractivity contribution is 5.89. The summed E-state index contributed by atoms with van der Waals surface area (Å²) in [6.45, 7) is 4.33. The van der Waals surface area contributed by atoms with Gasteiger partial charge in [-0.1, -0.05) is 6.07 Å². The van der Waals surface area contributed by atoms with Crippen molar-refractivity contribution in [2.24, 2.45) is 5.92 Å². The molecule has 1 aliphatic heterocycles. The van der Waals surface area contributed by atoms with Gasteiger partial charge in [-0.25, -0.2) is 0 Å². The van der Waals surface area contributed by atoms with E-state index in [2.05, 4.69) is 10.3 Å². The molecule has 0 aromatic carbocycles. The Morgan fingerprint density at radius 2 is 2.23 bits per heavy atom. The van der Waals surface area contributed by atoms with Crippen LogP contribution in [0.25, 0.3) is 0 Å². The summed E-state index contributed by atoms with van der Waals surface area (Å²) in [4.78, 5) is 32.3. The van der Waals surface area contributed by atoms with Gasteiger partial charge in [0.15, 0.2) is 0 Å². The van der Waals surface area contributed by atoms with Crippen LogP contribution < -0.4 is 5.32 Å². The Kier molecular flexibility index (Phi) is 5.49. The van der Waals surface area contributed by atoms with E-state index in [1.807, 2.05) is 44.1 Å². The third kappa shape index (κ3) is 4.53. The van der Waals surface area contributed by atoms with Crippen LogP contribution in [0.2, 0.25) is 0 Å². The summed E-state index contributed by atoms with van der Waals surface area (Å²) in [6.07, 6.45) is 0.306. The molecule has 0 aliphatic carbocycles. The number of carbonyl (C=O) groups excluding carboxylic acids is 2. The molecule has 120 valence electrons. The van der Waals surface area contributed by atoms with Crippen molar-refractivity contribution >= 4 is 11.8 Å². The average molecular weight is 304 g/mol. The van der Waals surface area contributed by atoms with Crippen molar-refractivity contribution in [3.63, 3.8) is 0 Å². The number of aryl methyl sites for hydroxylation is 1. The Labute approximate surface area is 131 Å². The van der Waals surface area contributed by atoms with Crippen molar-refractivity contribution < 1.29 is 9.59 Å². The van der Waals surface area contributed by atoms with E-state index in [1.165, 1.54) is 0 Å². The van der Waals surface area contributed by atoms with Crippen molar-refractivity contribution in [3.8, 4) is 0 Å². The first-order chi connectivity index (χ1) is 10.5. The van der Waals surface area contributed by atoms with Crippen molar-refractivity contribution in [3.05, 3.63) is 29.6 Å². The first-order valence-electron chi connectivity index (χ1n) is 7.58. The second-order valence-corrected chi connectivity index (χ2v) is 6.03. The molecule has 0 radical (unpaired) electrons. The highest BCUT2D eigenvalue weighted by atomic mass is 16.2. The molecule has 0 unspecified atom stereocenters. The van der Waals surface area contributed by atoms with Gasteiger partial charge >= 0.3 is 0 Å². The largest absolute Gasteiger partial charge is 0.350 e. The number of nitrogens with one attached hydrogen (secondary N) is 1. The van der Waals surface area contributed by atoms with E-state index in [0.717, 1.165) is 17.9 Å². The van der Waals surface area contributed by atoms with Crippen molar-refractivity contribution in [1.82, 2.24) is 20.1 Å². The standard InChI is InChI=1S/C16H24N4O2/c1-12-5-4-6-14(18-12)10-17-16(22)13-9-15(21)20(11-13)8-7-19(2)3/h4-6,13H,7-11H2,1-3H3,(H,17,22)/t13-/m0/s1. The van der Waals surface area contributed by atoms with Gasteiger partial charge < -0.3 is 15.1 Å². The summed E-state index contributed by atoms with van der Waals surface area (Å²) in [5.74, 6) is -0.251. The van der Waals surface area contributed by atoms with Crippen LogP contribution in [0.4, 0.5) is 0 Å². The van der Waals surface area contributed by atoms with Gasteiger partial charge in [-0.2, -0.15) is 0 Å². The van der Waals surface area contributed by atoms with Crippen LogP contribution >= 0.6 is 0 Å². The van der Waals surface area contributed by atoms with Crippen molar-refractivity contribution in [1.29, 1.82) is 0 Å². The van der Waals surface area contributed by atoms with Gasteiger partial charge in [-0.15, -0.1) is 0 Å². The Bertz CT molecular complexity index is 545. The number of likely N-dealkylation sites (tertiary alicyclic amines) is 1. The third-order valence-corrected chi connectivity index (χ3v) is 3.79. The Morgan fingerprint density at radius 1 is 1.45 bits per heavy atom. The molecule has 1 fully saturated rings. The molecule has 1 aromatic heterocycles. The Morgan fingerprint density at radius 3 is 2.91 bits per heavy atom. The molecule has 0 saturated carbocycles. The number of hydrogen-bond donors (Lipinski definition) is 1. The predicted octanol–water partition coefficient (Wildman–Crippen LogP) is 0.416. The molecule has 1 aromatic rings. The molecule has 1 N–H and O–H groups in total. The lowest BCUT2D eigenvalue weighted by Gasteiger charge is -2.19. The van der Waals surface area contributed by atoms with Crippen LogP contribution in [0, 0.1) is 12.8 Å². The van der Waals surface area contributed by atoms with Crippen LogP contribution in [0.3, 0.4) is 0 Å². The van der Waals surface area contributed by atoms with Crippen molar-refractivity contribution in [2.45, 2.75) is 19.9 Å². The Hall–Kier alpha value is -1.95. The molecule has 22 heavy (non-hydrogen) atoms. The zero-order valence-corrected chi connectivity index (χ0v) is 13.5. The number of amides is 2. The fraction of sp³-hybridized carbons (Fsp3) is 0.562. The van der Waals surface area contributed by atoms with Crippen LogP contribution in [0.1, 0.15) is 17.8 Å². The van der Waals surface area contributed by atoms with Crippen LogP contribution in [-0.4, -0.2) is 60.3 Å². The molecule has 2 amide bonds. The van der Waals surface area contributed by atoms with E-state index in [-0.39, 0.29) is 17.7 Å². The molecule has 2 rings (SSSR count). The maximum atomic E-state index is 12.2. The lowest BCUT2D eigenvalue weighted by atomic mass is 10.1. The second-order valence-electron chi connectivity index (χ2n) is 6.03. The summed E-state index contributed by atoms with van der Waals surface area (Å²) in [5, 5.41) is 2.88. The topological polar surface area (TPSA) is 65.5 Å². The number of rotatable bonds is 6. The maximum absolute atomic E-state index is 12.2. The van der Waals surface area contributed by atoms with Gasteiger partial charge in [0.1, 0.15) is 0 Å². The molecule has 0 spiro atoms. The van der Waals surface area contributed by atoms with Gasteiger partial charge in [-0.05, 0) is 33.2 Å². The molecular formula is C16H24N4O2. The van der Waals surface area contributed by atoms with E-state index < -0.39 is 0 Å². The summed E-state index contributed by atoms with van der Waals surface area (Å²) in [7, 11) is 3.94. The lowest BCUT2D eigenvalue weighted by Crippen LogP contribution is -2.35. The Balaban J connectivity index is 1.82. The monoisotopic (exact) mass is 304 g/mol. The van der Waals surface area contributed by atoms with Gasteiger partial charge in [-0.3, -0.25) is 14.6 Å². The summed E-state index contributed by atoms with van der Waals surface area (Å²) >= 11 is 0. The van der Waals surface area contributed by atoms with E-state index in [9.17, 15) is 9.59 Å². The molecular weight excluding hydrogens is 280 g/mol. The predicted molar refractivity (Wildman–Crippen MR) is 84.1 cm³/mol. The lowest BCUT2D eigenvalue weighted by molar-refractivity contribution is -0.129. The molecule has 0 bridgehead atoms. The van der Waals surface area contributed by atoms with E-state index >= 15 is 0 Å². The SMILES string of the molecule is Cc1cccc(CNC(=O)[C@H]2CC(=O)N(CCN(C)C)C2)n1. The number of nitrogens with zero attached hydrogens (tertiary/aromatic N) is 3. The van der Waals surface area contributed by atoms with E-state index in [4.69, 9.17) is 0 Å². The van der Waals surface area contributed by atoms with Crippen molar-refractivity contribution in [2.75, 3.05) is 33.7 Å². The molecule has 2 heterocycles. The van der Waals surface area contributed by atoms with Gasteiger partial charge in [0.25, 0.3) is 0 Å². The van der Waals surface area contributed by atoms with Crippen LogP contribution in [0.15, 0.2) is 18.2 Å². The number of carbonyl (C=O) groups is 2. The van der Waals surface area contributed by atoms with Crippen LogP contribution in [-0.2, 0) is 16.1 Å². The number of aromatic nitrogens is 1. The zero-order chi connectivity index (χ0) is 16.1. The highest BCUT2D eigenvalue weighted by Gasteiger charge is 2.33. The van der Waals surface area contributed by atoms with Gasteiger partial charge in [0.05, 0.1) is 18.2 Å². The maximum Gasteiger partial charge on any atom is 0.225 e. The fourth-order valence-corrected chi connectivity index (χ4v) is 2.50. The number of pyridine rings is 1. The molecule has 1 aliphatic rings. The number of hydrogen-bond acceptors (Lipinski definition) is 4. The first-order valence-corrected chi connectivity index (χ1v) is 7.58. The molecule has 6 nitrogen and oxygen atoms in total. The van der Waals surface area contributed by atoms with Gasteiger partial charge in [0.2, 0.25) is 11.8 Å². The normalized spacial score (nSPS) is 18.1. The smallest absolute Gasteiger partial charge is 0.225 e. The zero-order valence-electron chi connectivity index (χ0n) is 13.5. The third-order valence-electron chi connectivity index (χ3n) is 3.79. The summed E-state index contributed by atoms with van der Waals surface area (Å²) < 4.78 is 0. The summed E-state index contributed by atoms with van der Waals surface area (Å²) in [5.41, 5.74) is 1.76. The minimum Gasteiger partial charge on any atom is -0.350 e. The minimum absolute atomic E-state index is 0.0654. The first kappa shape index (κ1) is 16.4. The number of likely N-dealkylation sites (N-methyl/N-ethyl adjacent to an activating group) is 1. The van der Waals surface area contributed by atoms with Gasteiger partial charge in [0, 0.05) is 31.7 Å². The fourth-order valence-electron chi connectivity index (χ4n) is 2.50. The van der Waals surface area contributed by atoms with Crippen LogP contribution in [0.5, 0.6) is 0 Å². The minimum atomic E-state index is -0.250. The summed E-state index contributed by atoms with van der Waals surface area (Å²) in [6, 6.07) is 5.73.